The quantitative estimate of drug-likeness (QED) is 0.181. The van der Waals surface area contributed by atoms with Crippen molar-refractivity contribution in [2.75, 3.05) is 0 Å². The van der Waals surface area contributed by atoms with E-state index in [2.05, 4.69) is 168 Å². The first kappa shape index (κ1) is 39.8. The Bertz CT molecular complexity index is 3300. The molecule has 15 rings (SSSR count). The van der Waals surface area contributed by atoms with E-state index in [0.29, 0.717) is 23.7 Å². The number of rotatable bonds is 5. The summed E-state index contributed by atoms with van der Waals surface area (Å²) in [7, 11) is 0. The summed E-state index contributed by atoms with van der Waals surface area (Å²) in [6.45, 7) is 0. The smallest absolute Gasteiger partial charge is 0.140 e. The molecule has 2 spiro atoms. The highest BCUT2D eigenvalue weighted by atomic mass is 16.3. The monoisotopic (exact) mass is 884 g/mol. The summed E-state index contributed by atoms with van der Waals surface area (Å²) in [5.74, 6) is 2.00. The largest absolute Gasteiger partial charge is 0.456 e. The summed E-state index contributed by atoms with van der Waals surface area (Å²) in [5.41, 5.74) is 23.4. The van der Waals surface area contributed by atoms with Gasteiger partial charge in [-0.15, -0.1) is 0 Å². The summed E-state index contributed by atoms with van der Waals surface area (Å²) >= 11 is 0. The fourth-order valence-corrected chi connectivity index (χ4v) is 15.7. The van der Waals surface area contributed by atoms with E-state index in [1.807, 2.05) is 5.57 Å². The molecule has 3 fully saturated rings. The van der Waals surface area contributed by atoms with Gasteiger partial charge >= 0.3 is 0 Å². The van der Waals surface area contributed by atoms with Crippen LogP contribution in [-0.2, 0) is 5.41 Å². The van der Waals surface area contributed by atoms with Crippen molar-refractivity contribution in [3.05, 3.63) is 219 Å². The Labute approximate surface area is 401 Å². The van der Waals surface area contributed by atoms with Crippen LogP contribution < -0.4 is 10.6 Å². The molecule has 9 aliphatic rings. The molecular weight excluding hydrogens is 825 g/mol. The molecule has 6 unspecified atom stereocenters. The van der Waals surface area contributed by atoms with Gasteiger partial charge in [-0.05, 0) is 148 Å². The van der Waals surface area contributed by atoms with E-state index in [4.69, 9.17) is 4.42 Å². The standard InChI is InChI=1S/C65H60N2O/c1-5-17-40(18-6-1)42-27-29-46-51(35-42)61(46)58-39-57(66-63(67-58)41-19-7-2-8-20-41)48-24-15-23-47-50-36-43(28-30-59(50)68-62(47)48)44-22-16-26-54-60(44)52-38-55-49(37-56(52)65(54)33-13-4-14-34-65)45-21-9-10-25-53(45)64(55)31-11-3-12-32-64/h1-2,5-10,15,17-25,27-30,35-36,38-39,46,51,56-57,61,63,66-67H,3-4,11-14,16,26,31-34,37H2. The molecule has 1 aliphatic heterocycles. The van der Waals surface area contributed by atoms with E-state index in [-0.39, 0.29) is 23.0 Å². The van der Waals surface area contributed by atoms with Crippen molar-refractivity contribution in [2.24, 2.45) is 29.1 Å². The van der Waals surface area contributed by atoms with Gasteiger partial charge in [0.15, 0.2) is 0 Å². The van der Waals surface area contributed by atoms with Crippen LogP contribution in [0.5, 0.6) is 0 Å². The number of fused-ring (bicyclic) bond motifs is 12. The Balaban J connectivity index is 0.820. The summed E-state index contributed by atoms with van der Waals surface area (Å²) in [6.07, 6.45) is 32.2. The number of nitrogens with one attached hydrogen (secondary N) is 2. The van der Waals surface area contributed by atoms with Crippen LogP contribution >= 0.6 is 0 Å². The molecule has 1 aromatic heterocycles. The number of para-hydroxylation sites is 1. The molecule has 68 heavy (non-hydrogen) atoms. The second-order valence-electron chi connectivity index (χ2n) is 22.0. The normalized spacial score (nSPS) is 28.3. The minimum atomic E-state index is -0.0214. The van der Waals surface area contributed by atoms with E-state index in [9.17, 15) is 0 Å². The van der Waals surface area contributed by atoms with E-state index in [1.54, 1.807) is 33.4 Å². The second-order valence-corrected chi connectivity index (χ2v) is 22.0. The summed E-state index contributed by atoms with van der Waals surface area (Å²) in [5, 5.41) is 10.5. The van der Waals surface area contributed by atoms with Gasteiger partial charge in [-0.2, -0.15) is 0 Å². The third-order valence-corrected chi connectivity index (χ3v) is 18.8. The molecular formula is C65H60N2O. The molecule has 3 nitrogen and oxygen atoms in total. The van der Waals surface area contributed by atoms with E-state index in [1.165, 1.54) is 127 Å². The molecule has 6 aromatic rings. The number of furan rings is 1. The van der Waals surface area contributed by atoms with Crippen molar-refractivity contribution < 1.29 is 4.42 Å². The molecule has 3 heteroatoms. The molecule has 8 aliphatic carbocycles. The molecule has 2 N–H and O–H groups in total. The molecule has 2 heterocycles. The molecule has 0 bridgehead atoms. The number of allylic oxidation sites excluding steroid dienone is 13. The van der Waals surface area contributed by atoms with Gasteiger partial charge in [-0.1, -0.05) is 184 Å². The van der Waals surface area contributed by atoms with E-state index >= 15 is 0 Å². The van der Waals surface area contributed by atoms with Crippen LogP contribution in [0, 0.1) is 29.1 Å². The highest BCUT2D eigenvalue weighted by Crippen LogP contribution is 2.69. The molecule has 0 saturated heterocycles. The fourth-order valence-electron chi connectivity index (χ4n) is 15.7. The maximum absolute atomic E-state index is 7.03. The van der Waals surface area contributed by atoms with E-state index in [0.717, 1.165) is 17.6 Å². The predicted molar refractivity (Wildman–Crippen MR) is 278 cm³/mol. The highest BCUT2D eigenvalue weighted by Gasteiger charge is 2.56. The van der Waals surface area contributed by atoms with Crippen LogP contribution in [0.3, 0.4) is 0 Å². The van der Waals surface area contributed by atoms with Crippen LogP contribution in [0.25, 0.3) is 38.7 Å². The molecule has 0 amide bonds. The fraction of sp³-hybridized carbons (Fsp3) is 0.323. The maximum atomic E-state index is 7.03. The highest BCUT2D eigenvalue weighted by molar-refractivity contribution is 6.08. The zero-order valence-electron chi connectivity index (χ0n) is 39.1. The lowest BCUT2D eigenvalue weighted by Crippen LogP contribution is -2.41. The molecule has 336 valence electrons. The van der Waals surface area contributed by atoms with Crippen LogP contribution in [0.1, 0.15) is 129 Å². The third kappa shape index (κ3) is 5.81. The molecule has 0 radical (unpaired) electrons. The lowest BCUT2D eigenvalue weighted by Gasteiger charge is -2.44. The summed E-state index contributed by atoms with van der Waals surface area (Å²) in [4.78, 5) is 0. The average molecular weight is 885 g/mol. The first-order valence-corrected chi connectivity index (χ1v) is 26.4. The van der Waals surface area contributed by atoms with Crippen molar-refractivity contribution in [1.82, 2.24) is 10.6 Å². The third-order valence-electron chi connectivity index (χ3n) is 18.8. The first-order valence-electron chi connectivity index (χ1n) is 26.4. The van der Waals surface area contributed by atoms with Crippen molar-refractivity contribution in [3.63, 3.8) is 0 Å². The Kier molecular flexibility index (Phi) is 8.88. The van der Waals surface area contributed by atoms with Gasteiger partial charge in [0.2, 0.25) is 0 Å². The van der Waals surface area contributed by atoms with Gasteiger partial charge in [0.25, 0.3) is 0 Å². The Hall–Kier alpha value is -6.16. The van der Waals surface area contributed by atoms with Crippen LogP contribution in [0.4, 0.5) is 0 Å². The zero-order valence-corrected chi connectivity index (χ0v) is 39.1. The van der Waals surface area contributed by atoms with Gasteiger partial charge in [-0.25, -0.2) is 0 Å². The second kappa shape index (κ2) is 15.2. The zero-order chi connectivity index (χ0) is 44.6. The topological polar surface area (TPSA) is 37.2 Å². The first-order chi connectivity index (χ1) is 33.6. The van der Waals surface area contributed by atoms with Crippen molar-refractivity contribution in [1.29, 1.82) is 0 Å². The van der Waals surface area contributed by atoms with Crippen molar-refractivity contribution in [2.45, 2.75) is 101 Å². The summed E-state index contributed by atoms with van der Waals surface area (Å²) < 4.78 is 7.03. The molecule has 6 atom stereocenters. The maximum Gasteiger partial charge on any atom is 0.140 e. The van der Waals surface area contributed by atoms with Crippen LogP contribution in [0.15, 0.2) is 190 Å². The SMILES string of the molecule is C1=CC2C(C=C1c1ccccc1)C2C1=CC(c2cccc3c2oc2ccc(C4=CCCC5=C4C4=CC6=C(CC4C54CCCCC4)c4ccccc4C64CCCCC4)cc23)NC(c2ccccc2)N1. The van der Waals surface area contributed by atoms with Crippen LogP contribution in [0.2, 0.25) is 0 Å². The number of hydrogen-bond donors (Lipinski definition) is 2. The van der Waals surface area contributed by atoms with Crippen LogP contribution in [-0.4, -0.2) is 0 Å². The summed E-state index contributed by atoms with van der Waals surface area (Å²) in [6, 6.07) is 45.4. The average Bonchev–Trinajstić information content (AvgIpc) is 3.82. The molecule has 5 aromatic carbocycles. The Morgan fingerprint density at radius 1 is 0.676 bits per heavy atom. The Morgan fingerprint density at radius 2 is 1.47 bits per heavy atom. The van der Waals surface area contributed by atoms with E-state index < -0.39 is 0 Å². The minimum absolute atomic E-state index is 0.0209. The van der Waals surface area contributed by atoms with Gasteiger partial charge < -0.3 is 9.73 Å². The number of benzene rings is 5. The van der Waals surface area contributed by atoms with Gasteiger partial charge in [0.05, 0.1) is 6.04 Å². The van der Waals surface area contributed by atoms with Gasteiger partial charge in [-0.3, -0.25) is 5.32 Å². The Morgan fingerprint density at radius 3 is 2.32 bits per heavy atom. The minimum Gasteiger partial charge on any atom is -0.456 e. The van der Waals surface area contributed by atoms with Crippen molar-refractivity contribution in [3.8, 4) is 0 Å². The van der Waals surface area contributed by atoms with Gasteiger partial charge in [0, 0.05) is 33.4 Å². The lowest BCUT2D eigenvalue weighted by molar-refractivity contribution is 0.175. The van der Waals surface area contributed by atoms with Gasteiger partial charge in [0.1, 0.15) is 17.3 Å². The lowest BCUT2D eigenvalue weighted by atomic mass is 9.59. The molecule has 3 saturated carbocycles. The van der Waals surface area contributed by atoms with Crippen molar-refractivity contribution >= 4 is 38.7 Å². The number of hydrogen-bond acceptors (Lipinski definition) is 3. The predicted octanol–water partition coefficient (Wildman–Crippen LogP) is 16.0.